The van der Waals surface area contributed by atoms with E-state index in [-0.39, 0.29) is 12.1 Å². The van der Waals surface area contributed by atoms with Crippen LogP contribution in [-0.2, 0) is 6.54 Å². The van der Waals surface area contributed by atoms with Crippen molar-refractivity contribution in [3.05, 3.63) is 35.9 Å². The molecule has 0 spiro atoms. The molecule has 0 bridgehead atoms. The van der Waals surface area contributed by atoms with Gasteiger partial charge in [-0.05, 0) is 24.8 Å². The van der Waals surface area contributed by atoms with Crippen LogP contribution < -0.4 is 11.1 Å². The van der Waals surface area contributed by atoms with Crippen molar-refractivity contribution in [3.63, 3.8) is 0 Å². The standard InChI is InChI=1S/C14H21N3O/c1-11(15)13-7-8-17(10-13)14(18)16-9-12-5-3-2-4-6-12/h2-6,11,13H,7-10,15H2,1H3,(H,16,18). The van der Waals surface area contributed by atoms with Crippen molar-refractivity contribution in [1.82, 2.24) is 10.2 Å². The molecule has 1 aliphatic heterocycles. The molecular formula is C14H21N3O. The van der Waals surface area contributed by atoms with Crippen LogP contribution in [0.15, 0.2) is 30.3 Å². The zero-order valence-corrected chi connectivity index (χ0v) is 10.8. The highest BCUT2D eigenvalue weighted by Gasteiger charge is 2.28. The van der Waals surface area contributed by atoms with Gasteiger partial charge in [-0.25, -0.2) is 4.79 Å². The SMILES string of the molecule is CC(N)C1CCN(C(=O)NCc2ccccc2)C1. The first-order valence-corrected chi connectivity index (χ1v) is 6.49. The Morgan fingerprint density at radius 3 is 2.83 bits per heavy atom. The van der Waals surface area contributed by atoms with Gasteiger partial charge in [-0.1, -0.05) is 30.3 Å². The number of carbonyl (C=O) groups is 1. The third kappa shape index (κ3) is 3.23. The lowest BCUT2D eigenvalue weighted by Gasteiger charge is -2.18. The number of nitrogens with two attached hydrogens (primary N) is 1. The lowest BCUT2D eigenvalue weighted by atomic mass is 10.0. The molecule has 1 saturated heterocycles. The van der Waals surface area contributed by atoms with Crippen molar-refractivity contribution < 1.29 is 4.79 Å². The molecule has 0 radical (unpaired) electrons. The van der Waals surface area contributed by atoms with Gasteiger partial charge in [-0.2, -0.15) is 0 Å². The summed E-state index contributed by atoms with van der Waals surface area (Å²) in [7, 11) is 0. The fourth-order valence-electron chi connectivity index (χ4n) is 2.29. The van der Waals surface area contributed by atoms with E-state index in [2.05, 4.69) is 5.32 Å². The van der Waals surface area contributed by atoms with Gasteiger partial charge >= 0.3 is 6.03 Å². The Morgan fingerprint density at radius 2 is 2.22 bits per heavy atom. The van der Waals surface area contributed by atoms with Gasteiger partial charge in [-0.3, -0.25) is 0 Å². The minimum Gasteiger partial charge on any atom is -0.334 e. The van der Waals surface area contributed by atoms with Crippen LogP contribution in [-0.4, -0.2) is 30.1 Å². The smallest absolute Gasteiger partial charge is 0.317 e. The molecule has 1 heterocycles. The Morgan fingerprint density at radius 1 is 1.50 bits per heavy atom. The summed E-state index contributed by atoms with van der Waals surface area (Å²) in [6.45, 7) is 4.18. The third-order valence-corrected chi connectivity index (χ3v) is 3.54. The summed E-state index contributed by atoms with van der Waals surface area (Å²) in [6.07, 6.45) is 1.01. The number of urea groups is 1. The Bertz CT molecular complexity index is 391. The van der Waals surface area contributed by atoms with Gasteiger partial charge in [0.25, 0.3) is 0 Å². The van der Waals surface area contributed by atoms with Gasteiger partial charge in [0.2, 0.25) is 0 Å². The molecule has 0 aliphatic carbocycles. The molecule has 1 aromatic rings. The second-order valence-electron chi connectivity index (χ2n) is 5.00. The highest BCUT2D eigenvalue weighted by Crippen LogP contribution is 2.18. The molecule has 4 nitrogen and oxygen atoms in total. The van der Waals surface area contributed by atoms with Crippen molar-refractivity contribution in [2.45, 2.75) is 25.9 Å². The van der Waals surface area contributed by atoms with Gasteiger partial charge in [0.05, 0.1) is 0 Å². The average molecular weight is 247 g/mol. The first kappa shape index (κ1) is 12.9. The van der Waals surface area contributed by atoms with Crippen molar-refractivity contribution in [2.75, 3.05) is 13.1 Å². The summed E-state index contributed by atoms with van der Waals surface area (Å²) in [5.41, 5.74) is 6.99. The van der Waals surface area contributed by atoms with Crippen molar-refractivity contribution in [2.24, 2.45) is 11.7 Å². The van der Waals surface area contributed by atoms with E-state index in [4.69, 9.17) is 5.73 Å². The average Bonchev–Trinajstić information content (AvgIpc) is 2.87. The monoisotopic (exact) mass is 247 g/mol. The van der Waals surface area contributed by atoms with Crippen LogP contribution in [0.25, 0.3) is 0 Å². The summed E-state index contributed by atoms with van der Waals surface area (Å²) in [4.78, 5) is 13.8. The zero-order chi connectivity index (χ0) is 13.0. The van der Waals surface area contributed by atoms with E-state index in [1.165, 1.54) is 0 Å². The van der Waals surface area contributed by atoms with Crippen molar-refractivity contribution in [3.8, 4) is 0 Å². The van der Waals surface area contributed by atoms with Crippen LogP contribution in [0.4, 0.5) is 4.79 Å². The molecule has 2 atom stereocenters. The van der Waals surface area contributed by atoms with Crippen LogP contribution in [0.5, 0.6) is 0 Å². The number of likely N-dealkylation sites (tertiary alicyclic amines) is 1. The molecule has 98 valence electrons. The van der Waals surface area contributed by atoms with E-state index >= 15 is 0 Å². The summed E-state index contributed by atoms with van der Waals surface area (Å²) in [5.74, 6) is 0.437. The fourth-order valence-corrected chi connectivity index (χ4v) is 2.29. The largest absolute Gasteiger partial charge is 0.334 e. The van der Waals surface area contributed by atoms with Gasteiger partial charge in [-0.15, -0.1) is 0 Å². The van der Waals surface area contributed by atoms with E-state index in [1.54, 1.807) is 0 Å². The van der Waals surface area contributed by atoms with Gasteiger partial charge in [0, 0.05) is 25.7 Å². The number of hydrogen-bond acceptors (Lipinski definition) is 2. The summed E-state index contributed by atoms with van der Waals surface area (Å²) < 4.78 is 0. The Balaban J connectivity index is 1.79. The molecule has 4 heteroatoms. The maximum atomic E-state index is 12.0. The molecule has 1 aliphatic rings. The highest BCUT2D eigenvalue weighted by atomic mass is 16.2. The lowest BCUT2D eigenvalue weighted by molar-refractivity contribution is 0.206. The predicted octanol–water partition coefficient (Wildman–Crippen LogP) is 1.57. The minimum atomic E-state index is 0.0157. The van der Waals surface area contributed by atoms with Crippen LogP contribution in [0.1, 0.15) is 18.9 Å². The Labute approximate surface area is 108 Å². The molecule has 2 rings (SSSR count). The van der Waals surface area contributed by atoms with E-state index in [1.807, 2.05) is 42.2 Å². The van der Waals surface area contributed by atoms with E-state index in [0.29, 0.717) is 12.5 Å². The van der Waals surface area contributed by atoms with Gasteiger partial charge < -0.3 is 16.0 Å². The molecule has 1 aromatic carbocycles. The van der Waals surface area contributed by atoms with Gasteiger partial charge in [0.15, 0.2) is 0 Å². The Hall–Kier alpha value is -1.55. The highest BCUT2D eigenvalue weighted by molar-refractivity contribution is 5.74. The Kier molecular flexibility index (Phi) is 4.20. The molecule has 2 unspecified atom stereocenters. The number of rotatable bonds is 3. The van der Waals surface area contributed by atoms with E-state index in [9.17, 15) is 4.79 Å². The second-order valence-corrected chi connectivity index (χ2v) is 5.00. The predicted molar refractivity (Wildman–Crippen MR) is 72.0 cm³/mol. The number of nitrogens with one attached hydrogen (secondary N) is 1. The maximum absolute atomic E-state index is 12.0. The summed E-state index contributed by atoms with van der Waals surface area (Å²) >= 11 is 0. The number of hydrogen-bond donors (Lipinski definition) is 2. The number of benzene rings is 1. The minimum absolute atomic E-state index is 0.0157. The van der Waals surface area contributed by atoms with Crippen molar-refractivity contribution >= 4 is 6.03 Å². The molecule has 18 heavy (non-hydrogen) atoms. The molecule has 2 amide bonds. The van der Waals surface area contributed by atoms with Crippen LogP contribution >= 0.6 is 0 Å². The lowest BCUT2D eigenvalue weighted by Crippen LogP contribution is -2.39. The van der Waals surface area contributed by atoms with Crippen molar-refractivity contribution in [1.29, 1.82) is 0 Å². The van der Waals surface area contributed by atoms with E-state index in [0.717, 1.165) is 25.1 Å². The van der Waals surface area contributed by atoms with Crippen LogP contribution in [0.3, 0.4) is 0 Å². The van der Waals surface area contributed by atoms with Gasteiger partial charge in [0.1, 0.15) is 0 Å². The quantitative estimate of drug-likeness (QED) is 0.851. The zero-order valence-electron chi connectivity index (χ0n) is 10.8. The normalized spacial score (nSPS) is 20.8. The first-order valence-electron chi connectivity index (χ1n) is 6.49. The van der Waals surface area contributed by atoms with Crippen LogP contribution in [0, 0.1) is 5.92 Å². The third-order valence-electron chi connectivity index (χ3n) is 3.54. The fraction of sp³-hybridized carbons (Fsp3) is 0.500. The van der Waals surface area contributed by atoms with Crippen LogP contribution in [0.2, 0.25) is 0 Å². The molecule has 0 aromatic heterocycles. The molecule has 1 fully saturated rings. The molecule has 3 N–H and O–H groups in total. The first-order chi connectivity index (χ1) is 8.66. The maximum Gasteiger partial charge on any atom is 0.317 e. The summed E-state index contributed by atoms with van der Waals surface area (Å²) in [5, 5.41) is 2.95. The number of amides is 2. The second kappa shape index (κ2) is 5.87. The van der Waals surface area contributed by atoms with E-state index < -0.39 is 0 Å². The number of carbonyl (C=O) groups excluding carboxylic acids is 1. The summed E-state index contributed by atoms with van der Waals surface area (Å²) in [6, 6.07) is 10.1. The topological polar surface area (TPSA) is 58.4 Å². The molecular weight excluding hydrogens is 226 g/mol. The molecule has 0 saturated carbocycles. The number of nitrogens with zero attached hydrogens (tertiary/aromatic N) is 1.